The maximum Gasteiger partial charge on any atom is 0.355 e. The lowest BCUT2D eigenvalue weighted by Crippen LogP contribution is -2.30. The van der Waals surface area contributed by atoms with Crippen molar-refractivity contribution in [1.29, 1.82) is 0 Å². The number of nitrogens with one attached hydrogen (secondary N) is 1. The van der Waals surface area contributed by atoms with Crippen molar-refractivity contribution in [3.8, 4) is 11.5 Å². The summed E-state index contributed by atoms with van der Waals surface area (Å²) < 4.78 is 44.2. The van der Waals surface area contributed by atoms with Crippen LogP contribution in [0.1, 0.15) is 39.8 Å². The second-order valence-corrected chi connectivity index (χ2v) is 9.68. The Morgan fingerprint density at radius 2 is 1.44 bits per heavy atom. The number of aromatic amines is 1. The van der Waals surface area contributed by atoms with Crippen molar-refractivity contribution >= 4 is 16.0 Å². The van der Waals surface area contributed by atoms with Gasteiger partial charge in [-0.1, -0.05) is 12.1 Å². The lowest BCUT2D eigenvalue weighted by molar-refractivity contribution is 0.0519. The molecule has 0 atom stereocenters. The summed E-state index contributed by atoms with van der Waals surface area (Å²) in [5, 5.41) is 0. The molecule has 0 aliphatic heterocycles. The molecule has 0 saturated carbocycles. The van der Waals surface area contributed by atoms with E-state index in [1.54, 1.807) is 38.3 Å². The minimum Gasteiger partial charge on any atom is -0.497 e. The molecule has 9 heteroatoms. The maximum atomic E-state index is 13.7. The quantitative estimate of drug-likeness (QED) is 0.431. The summed E-state index contributed by atoms with van der Waals surface area (Å²) in [6, 6.07) is 13.5. The molecule has 0 bridgehead atoms. The van der Waals surface area contributed by atoms with Crippen molar-refractivity contribution in [1.82, 2.24) is 9.29 Å². The molecule has 0 radical (unpaired) electrons. The number of esters is 1. The first kappa shape index (κ1) is 25.3. The summed E-state index contributed by atoms with van der Waals surface area (Å²) >= 11 is 0. The number of H-pyrrole nitrogens is 1. The molecule has 0 spiro atoms. The van der Waals surface area contributed by atoms with Crippen LogP contribution in [0.2, 0.25) is 0 Å². The van der Waals surface area contributed by atoms with Crippen LogP contribution in [-0.2, 0) is 27.8 Å². The molecular formula is C25H30N2O6S. The van der Waals surface area contributed by atoms with Crippen molar-refractivity contribution < 1.29 is 27.4 Å². The van der Waals surface area contributed by atoms with E-state index in [9.17, 15) is 13.2 Å². The summed E-state index contributed by atoms with van der Waals surface area (Å²) in [5.74, 6) is 0.785. The molecule has 0 saturated heterocycles. The Bertz CT molecular complexity index is 1230. The molecule has 3 aromatic rings. The van der Waals surface area contributed by atoms with Gasteiger partial charge >= 0.3 is 5.97 Å². The molecule has 182 valence electrons. The first-order valence-corrected chi connectivity index (χ1v) is 12.3. The number of methoxy groups -OCH3 is 2. The van der Waals surface area contributed by atoms with Crippen LogP contribution in [0.5, 0.6) is 11.5 Å². The molecular weight excluding hydrogens is 456 g/mol. The number of carbonyl (C=O) groups excluding carboxylic acids is 1. The highest BCUT2D eigenvalue weighted by atomic mass is 32.2. The molecule has 34 heavy (non-hydrogen) atoms. The summed E-state index contributed by atoms with van der Waals surface area (Å²) in [6.45, 7) is 5.84. The van der Waals surface area contributed by atoms with Crippen LogP contribution in [0.4, 0.5) is 0 Å². The van der Waals surface area contributed by atoms with E-state index in [1.165, 1.54) is 23.5 Å². The third-order valence-electron chi connectivity index (χ3n) is 5.70. The van der Waals surface area contributed by atoms with Gasteiger partial charge in [0.05, 0.1) is 32.3 Å². The van der Waals surface area contributed by atoms with E-state index in [0.29, 0.717) is 22.9 Å². The fraction of sp³-hybridized carbons (Fsp3) is 0.320. The fourth-order valence-corrected chi connectivity index (χ4v) is 4.95. The van der Waals surface area contributed by atoms with Crippen LogP contribution in [0.15, 0.2) is 53.4 Å². The average Bonchev–Trinajstić information content (AvgIpc) is 3.13. The van der Waals surface area contributed by atoms with Crippen molar-refractivity contribution in [3.05, 3.63) is 76.6 Å². The van der Waals surface area contributed by atoms with Crippen LogP contribution >= 0.6 is 0 Å². The van der Waals surface area contributed by atoms with Crippen molar-refractivity contribution in [2.45, 2.75) is 38.8 Å². The molecule has 0 aliphatic rings. The number of benzene rings is 2. The fourth-order valence-electron chi connectivity index (χ4n) is 3.55. The first-order chi connectivity index (χ1) is 16.2. The Morgan fingerprint density at radius 1 is 0.882 bits per heavy atom. The SMILES string of the molecule is CCOC(=O)c1[nH]c(CN(Cc2ccc(OC)cc2)S(=O)(=O)c2ccc(OC)cc2)c(C)c1C. The Morgan fingerprint density at radius 3 is 1.97 bits per heavy atom. The third-order valence-corrected chi connectivity index (χ3v) is 7.50. The monoisotopic (exact) mass is 486 g/mol. The highest BCUT2D eigenvalue weighted by Crippen LogP contribution is 2.26. The van der Waals surface area contributed by atoms with Gasteiger partial charge in [-0.25, -0.2) is 13.2 Å². The minimum atomic E-state index is -3.88. The highest BCUT2D eigenvalue weighted by Gasteiger charge is 2.28. The van der Waals surface area contributed by atoms with Gasteiger partial charge in [0.1, 0.15) is 17.2 Å². The van der Waals surface area contributed by atoms with Crippen LogP contribution in [0.3, 0.4) is 0 Å². The summed E-state index contributed by atoms with van der Waals surface area (Å²) in [6.07, 6.45) is 0. The van der Waals surface area contributed by atoms with Gasteiger partial charge in [-0.3, -0.25) is 0 Å². The standard InChI is InChI=1S/C25H30N2O6S/c1-6-33-25(28)24-18(3)17(2)23(26-24)16-27(15-19-7-9-20(31-4)10-8-19)34(29,30)22-13-11-21(32-5)12-14-22/h7-14,26H,6,15-16H2,1-5H3. The van der Waals surface area contributed by atoms with Crippen LogP contribution < -0.4 is 9.47 Å². The number of rotatable bonds is 10. The Balaban J connectivity index is 2.00. The number of hydrogen-bond donors (Lipinski definition) is 1. The predicted molar refractivity (Wildman–Crippen MR) is 129 cm³/mol. The van der Waals surface area contributed by atoms with E-state index < -0.39 is 16.0 Å². The predicted octanol–water partition coefficient (Wildman–Crippen LogP) is 4.22. The Hall–Kier alpha value is -3.30. The lowest BCUT2D eigenvalue weighted by Gasteiger charge is -2.23. The van der Waals surface area contributed by atoms with Gasteiger partial charge in [0.15, 0.2) is 0 Å². The second-order valence-electron chi connectivity index (χ2n) is 7.75. The van der Waals surface area contributed by atoms with Crippen LogP contribution in [0, 0.1) is 13.8 Å². The normalized spacial score (nSPS) is 11.5. The number of ether oxygens (including phenoxy) is 3. The smallest absolute Gasteiger partial charge is 0.355 e. The Kier molecular flexibility index (Phi) is 8.01. The largest absolute Gasteiger partial charge is 0.497 e. The zero-order valence-corrected chi connectivity index (χ0v) is 20.9. The molecule has 1 aromatic heterocycles. The van der Waals surface area contributed by atoms with E-state index in [2.05, 4.69) is 4.98 Å². The van der Waals surface area contributed by atoms with Crippen LogP contribution in [-0.4, -0.2) is 44.5 Å². The summed E-state index contributed by atoms with van der Waals surface area (Å²) in [5.41, 5.74) is 3.31. The molecule has 3 rings (SSSR count). The van der Waals surface area contributed by atoms with Gasteiger partial charge in [-0.2, -0.15) is 4.31 Å². The average molecular weight is 487 g/mol. The molecule has 1 N–H and O–H groups in total. The topological polar surface area (TPSA) is 97.9 Å². The Labute approximate surface area is 200 Å². The zero-order chi connectivity index (χ0) is 24.9. The maximum absolute atomic E-state index is 13.7. The molecule has 0 aliphatic carbocycles. The molecule has 0 unspecified atom stereocenters. The second kappa shape index (κ2) is 10.8. The highest BCUT2D eigenvalue weighted by molar-refractivity contribution is 7.89. The minimum absolute atomic E-state index is 0.0481. The van der Waals surface area contributed by atoms with Gasteiger partial charge in [-0.05, 0) is 73.9 Å². The molecule has 0 fully saturated rings. The van der Waals surface area contributed by atoms with Crippen LogP contribution in [0.25, 0.3) is 0 Å². The number of hydrogen-bond acceptors (Lipinski definition) is 6. The number of nitrogens with zero attached hydrogens (tertiary/aromatic N) is 1. The van der Waals surface area contributed by atoms with Crippen molar-refractivity contribution in [3.63, 3.8) is 0 Å². The summed E-state index contributed by atoms with van der Waals surface area (Å²) in [4.78, 5) is 15.6. The van der Waals surface area contributed by atoms with Gasteiger partial charge in [0.2, 0.25) is 10.0 Å². The number of carbonyl (C=O) groups is 1. The van der Waals surface area contributed by atoms with Gasteiger partial charge in [0, 0.05) is 12.2 Å². The third kappa shape index (κ3) is 5.43. The molecule has 1 heterocycles. The molecule has 2 aromatic carbocycles. The zero-order valence-electron chi connectivity index (χ0n) is 20.0. The van der Waals surface area contributed by atoms with E-state index >= 15 is 0 Å². The van der Waals surface area contributed by atoms with Gasteiger partial charge in [-0.15, -0.1) is 0 Å². The number of aromatic nitrogens is 1. The molecule has 8 nitrogen and oxygen atoms in total. The summed E-state index contributed by atoms with van der Waals surface area (Å²) in [7, 11) is -0.778. The number of sulfonamides is 1. The molecule has 0 amide bonds. The van der Waals surface area contributed by atoms with E-state index in [-0.39, 0.29) is 24.6 Å². The van der Waals surface area contributed by atoms with E-state index in [4.69, 9.17) is 14.2 Å². The lowest BCUT2D eigenvalue weighted by atomic mass is 10.1. The van der Waals surface area contributed by atoms with Gasteiger partial charge in [0.25, 0.3) is 0 Å². The van der Waals surface area contributed by atoms with E-state index in [1.807, 2.05) is 26.0 Å². The van der Waals surface area contributed by atoms with Crippen molar-refractivity contribution in [2.75, 3.05) is 20.8 Å². The van der Waals surface area contributed by atoms with E-state index in [0.717, 1.165) is 16.7 Å². The first-order valence-electron chi connectivity index (χ1n) is 10.8. The van der Waals surface area contributed by atoms with Crippen molar-refractivity contribution in [2.24, 2.45) is 0 Å². The van der Waals surface area contributed by atoms with Gasteiger partial charge < -0.3 is 19.2 Å².